The summed E-state index contributed by atoms with van der Waals surface area (Å²) in [5.74, 6) is 1.88. The lowest BCUT2D eigenvalue weighted by Gasteiger charge is -2.59. The number of cyclic esters (lactones) is 1. The molecule has 0 aromatic heterocycles. The van der Waals surface area contributed by atoms with E-state index in [0.29, 0.717) is 74.5 Å². The number of rotatable bonds is 19. The van der Waals surface area contributed by atoms with E-state index in [1.165, 1.54) is 12.8 Å². The van der Waals surface area contributed by atoms with Crippen LogP contribution in [0.5, 0.6) is 0 Å². The van der Waals surface area contributed by atoms with Gasteiger partial charge in [-0.2, -0.15) is 0 Å². The third-order valence-corrected chi connectivity index (χ3v) is 24.4. The molecule has 1 heterocycles. The van der Waals surface area contributed by atoms with Crippen LogP contribution in [-0.4, -0.2) is 58.5 Å². The predicted molar refractivity (Wildman–Crippen MR) is 272 cm³/mol. The van der Waals surface area contributed by atoms with Gasteiger partial charge in [-0.3, -0.25) is 14.4 Å². The zero-order valence-electron chi connectivity index (χ0n) is 46.7. The molecular weight excluding hydrogens is 877 g/mol. The highest BCUT2D eigenvalue weighted by Crippen LogP contribution is 2.86. The van der Waals surface area contributed by atoms with Crippen molar-refractivity contribution >= 4 is 23.9 Å². The average molecular weight is 975 g/mol. The van der Waals surface area contributed by atoms with E-state index in [4.69, 9.17) is 18.9 Å². The average Bonchev–Trinajstić information content (AvgIpc) is 4.21. The zero-order chi connectivity index (χ0) is 51.1. The molecule has 0 amide bonds. The summed E-state index contributed by atoms with van der Waals surface area (Å²) in [7, 11) is 0. The Hall–Kier alpha value is -2.16. The van der Waals surface area contributed by atoms with Crippen molar-refractivity contribution in [3.05, 3.63) is 0 Å². The number of aliphatic hydroxyl groups is 1. The molecule has 16 unspecified atom stereocenters. The number of carbonyl (C=O) groups is 4. The van der Waals surface area contributed by atoms with E-state index in [-0.39, 0.29) is 41.3 Å². The molecule has 1 N–H and O–H groups in total. The fraction of sp³-hybridized carbons (Fsp3) is 0.934. The standard InChI is InChI=1S/C61H98O9/c1-15-40-24-41-23-39(7)54(14,44(26-40)27-41)69-49(65)58(32-50(8,9)10)37-60(58,19-5)53(13,18-4)35-59(47(63)68-45-21-22-67-46(45)62)38-61(59,20-6)52(12,17-3)34-57(33-51(57,11)16-2)48(64)70-56-30-42-25-43(31-56)29-55(66,28-42)36-56/h39-45,66H,15-38H2,1-14H3. The maximum absolute atomic E-state index is 15.8. The van der Waals surface area contributed by atoms with Crippen LogP contribution < -0.4 is 0 Å². The molecule has 1 saturated heterocycles. The summed E-state index contributed by atoms with van der Waals surface area (Å²) < 4.78 is 26.1. The molecule has 9 nitrogen and oxygen atoms in total. The molecule has 10 rings (SSSR count). The van der Waals surface area contributed by atoms with E-state index >= 15 is 14.4 Å². The number of carbonyl (C=O) groups excluding carboxylic acids is 4. The zero-order valence-corrected chi connectivity index (χ0v) is 46.7. The molecule has 1 aliphatic heterocycles. The Bertz CT molecular complexity index is 2080. The van der Waals surface area contributed by atoms with Crippen LogP contribution in [0.25, 0.3) is 0 Å². The lowest BCUT2D eigenvalue weighted by Crippen LogP contribution is -2.61. The van der Waals surface area contributed by atoms with Crippen LogP contribution in [0.2, 0.25) is 0 Å². The van der Waals surface area contributed by atoms with Crippen molar-refractivity contribution < 1.29 is 43.2 Å². The van der Waals surface area contributed by atoms with Crippen LogP contribution >= 0.6 is 0 Å². The van der Waals surface area contributed by atoms with Crippen molar-refractivity contribution in [2.75, 3.05) is 6.61 Å². The smallest absolute Gasteiger partial charge is 0.347 e. The number of hydrogen-bond donors (Lipinski definition) is 1. The normalized spacial score (nSPS) is 48.2. The highest BCUT2D eigenvalue weighted by molar-refractivity contribution is 5.87. The number of fused-ring (bicyclic) bond motifs is 2. The Morgan fingerprint density at radius 1 is 0.657 bits per heavy atom. The van der Waals surface area contributed by atoms with Crippen molar-refractivity contribution in [3.8, 4) is 0 Å². The molecule has 70 heavy (non-hydrogen) atoms. The van der Waals surface area contributed by atoms with Gasteiger partial charge in [0.05, 0.1) is 28.5 Å². The Kier molecular flexibility index (Phi) is 12.7. The minimum absolute atomic E-state index is 0.0316. The maximum atomic E-state index is 15.8. The first-order valence-corrected chi connectivity index (χ1v) is 29.1. The van der Waals surface area contributed by atoms with Crippen LogP contribution in [0.15, 0.2) is 0 Å². The summed E-state index contributed by atoms with van der Waals surface area (Å²) in [4.78, 5) is 60.0. The number of esters is 4. The van der Waals surface area contributed by atoms with Crippen molar-refractivity contribution in [2.24, 2.45) is 84.2 Å². The molecule has 396 valence electrons. The van der Waals surface area contributed by atoms with E-state index < -0.39 is 66.8 Å². The van der Waals surface area contributed by atoms with Gasteiger partial charge in [0.15, 0.2) is 0 Å². The Labute approximate surface area is 423 Å². The van der Waals surface area contributed by atoms with Gasteiger partial charge in [0.2, 0.25) is 6.10 Å². The fourth-order valence-corrected chi connectivity index (χ4v) is 20.2. The lowest BCUT2D eigenvalue weighted by atomic mass is 9.52. The third kappa shape index (κ3) is 7.68. The Morgan fingerprint density at radius 2 is 1.23 bits per heavy atom. The van der Waals surface area contributed by atoms with E-state index in [0.717, 1.165) is 89.9 Å². The van der Waals surface area contributed by atoms with Gasteiger partial charge in [-0.05, 0) is 190 Å². The van der Waals surface area contributed by atoms with E-state index in [9.17, 15) is 9.90 Å². The van der Waals surface area contributed by atoms with Crippen LogP contribution in [0.4, 0.5) is 0 Å². The highest BCUT2D eigenvalue weighted by atomic mass is 16.6. The molecule has 9 aliphatic carbocycles. The molecule has 0 aromatic carbocycles. The van der Waals surface area contributed by atoms with Gasteiger partial charge in [0.1, 0.15) is 11.2 Å². The Morgan fingerprint density at radius 3 is 1.71 bits per heavy atom. The fourth-order valence-electron chi connectivity index (χ4n) is 20.2. The Balaban J connectivity index is 1.07. The second-order valence-electron chi connectivity index (χ2n) is 29.3. The molecule has 10 aliphatic rings. The topological polar surface area (TPSA) is 125 Å². The largest absolute Gasteiger partial charge is 0.463 e. The molecule has 10 fully saturated rings. The van der Waals surface area contributed by atoms with Gasteiger partial charge >= 0.3 is 23.9 Å². The van der Waals surface area contributed by atoms with Crippen molar-refractivity contribution in [1.82, 2.24) is 0 Å². The molecular formula is C61H98O9. The minimum atomic E-state index is -0.968. The summed E-state index contributed by atoms with van der Waals surface area (Å²) in [6.07, 6.45) is 17.9. The highest BCUT2D eigenvalue weighted by Gasteiger charge is 2.85. The molecule has 6 bridgehead atoms. The van der Waals surface area contributed by atoms with Gasteiger partial charge in [-0.25, -0.2) is 4.79 Å². The first-order valence-electron chi connectivity index (χ1n) is 29.1. The first-order chi connectivity index (χ1) is 32.6. The number of hydrogen-bond acceptors (Lipinski definition) is 9. The molecule has 0 radical (unpaired) electrons. The third-order valence-electron chi connectivity index (χ3n) is 24.4. The van der Waals surface area contributed by atoms with Gasteiger partial charge in [-0.15, -0.1) is 0 Å². The second kappa shape index (κ2) is 16.9. The van der Waals surface area contributed by atoms with Crippen LogP contribution in [-0.2, 0) is 38.1 Å². The lowest BCUT2D eigenvalue weighted by molar-refractivity contribution is -0.225. The molecule has 0 aromatic rings. The van der Waals surface area contributed by atoms with Gasteiger partial charge in [-0.1, -0.05) is 109 Å². The summed E-state index contributed by atoms with van der Waals surface area (Å²) in [6, 6.07) is 0. The van der Waals surface area contributed by atoms with Crippen molar-refractivity contribution in [2.45, 2.75) is 268 Å². The summed E-state index contributed by atoms with van der Waals surface area (Å²) >= 11 is 0. The summed E-state index contributed by atoms with van der Waals surface area (Å²) in [5.41, 5.74) is -6.69. The van der Waals surface area contributed by atoms with Crippen LogP contribution in [0, 0.1) is 84.2 Å². The minimum Gasteiger partial charge on any atom is -0.463 e. The van der Waals surface area contributed by atoms with Crippen LogP contribution in [0.3, 0.4) is 0 Å². The van der Waals surface area contributed by atoms with Crippen molar-refractivity contribution in [3.63, 3.8) is 0 Å². The molecule has 16 atom stereocenters. The van der Waals surface area contributed by atoms with E-state index in [1.54, 1.807) is 0 Å². The molecule has 0 spiro atoms. The van der Waals surface area contributed by atoms with E-state index in [1.807, 2.05) is 0 Å². The summed E-state index contributed by atoms with van der Waals surface area (Å²) in [6.45, 7) is 32.1. The summed E-state index contributed by atoms with van der Waals surface area (Å²) in [5, 5.41) is 11.7. The predicted octanol–water partition coefficient (Wildman–Crippen LogP) is 13.7. The molecule has 9 saturated carbocycles. The van der Waals surface area contributed by atoms with Gasteiger partial charge < -0.3 is 24.1 Å². The van der Waals surface area contributed by atoms with Gasteiger partial charge in [0, 0.05) is 12.8 Å². The van der Waals surface area contributed by atoms with Crippen molar-refractivity contribution in [1.29, 1.82) is 0 Å². The maximum Gasteiger partial charge on any atom is 0.347 e. The van der Waals surface area contributed by atoms with Crippen LogP contribution in [0.1, 0.15) is 245 Å². The monoisotopic (exact) mass is 975 g/mol. The molecule has 9 heteroatoms. The van der Waals surface area contributed by atoms with Gasteiger partial charge in [0.25, 0.3) is 0 Å². The SMILES string of the molecule is CCC1CC2CC(C)C(C)(OC(=O)C3(CC(C)(C)C)CC3(CC)C(C)(CC)CC3(C(=O)OC4CCOC4=O)CC3(CC)C(C)(CC)CC3(C(=O)OC45CC6CC(CC(O)(C6)C4)C5)CC3(C)CC)C(C1)C2. The first kappa shape index (κ1) is 52.7. The second-order valence-corrected chi connectivity index (χ2v) is 29.3. The van der Waals surface area contributed by atoms with E-state index in [2.05, 4.69) is 96.9 Å². The quantitative estimate of drug-likeness (QED) is 0.0994. The number of ether oxygens (including phenoxy) is 4.